The van der Waals surface area contributed by atoms with Crippen LogP contribution in [0.5, 0.6) is 5.75 Å². The van der Waals surface area contributed by atoms with E-state index in [0.717, 1.165) is 24.8 Å². The van der Waals surface area contributed by atoms with Gasteiger partial charge in [-0.2, -0.15) is 0 Å². The average Bonchev–Trinajstić information content (AvgIpc) is 3.09. The second kappa shape index (κ2) is 8.52. The predicted octanol–water partition coefficient (Wildman–Crippen LogP) is 3.12. The number of carbonyl (C=O) groups is 2. The van der Waals surface area contributed by atoms with Gasteiger partial charge in [-0.15, -0.1) is 0 Å². The first-order chi connectivity index (χ1) is 12.6. The lowest BCUT2D eigenvalue weighted by atomic mass is 10.0. The zero-order valence-electron chi connectivity index (χ0n) is 14.6. The number of carboxylic acids is 1. The van der Waals surface area contributed by atoms with Gasteiger partial charge in [-0.1, -0.05) is 48.5 Å². The molecule has 5 nitrogen and oxygen atoms in total. The molecule has 0 aliphatic carbocycles. The molecule has 1 saturated heterocycles. The van der Waals surface area contributed by atoms with Crippen molar-refractivity contribution in [1.82, 2.24) is 4.90 Å². The van der Waals surface area contributed by atoms with Gasteiger partial charge in [0.1, 0.15) is 5.75 Å². The third-order valence-electron chi connectivity index (χ3n) is 4.67. The highest BCUT2D eigenvalue weighted by molar-refractivity contribution is 5.79. The van der Waals surface area contributed by atoms with Crippen LogP contribution >= 0.6 is 0 Å². The number of hydrogen-bond acceptors (Lipinski definition) is 3. The van der Waals surface area contributed by atoms with Gasteiger partial charge in [0.2, 0.25) is 0 Å². The number of aliphatic carboxylic acids is 1. The molecule has 5 heteroatoms. The molecule has 0 saturated carbocycles. The maximum absolute atomic E-state index is 12.5. The fraction of sp³-hybridized carbons (Fsp3) is 0.333. The van der Waals surface area contributed by atoms with Gasteiger partial charge in [0.15, 0.2) is 6.61 Å². The van der Waals surface area contributed by atoms with E-state index in [4.69, 9.17) is 9.84 Å². The maximum atomic E-state index is 12.5. The summed E-state index contributed by atoms with van der Waals surface area (Å²) < 4.78 is 5.80. The Balaban J connectivity index is 1.62. The maximum Gasteiger partial charge on any atom is 0.305 e. The zero-order valence-corrected chi connectivity index (χ0v) is 14.6. The minimum atomic E-state index is -0.871. The van der Waals surface area contributed by atoms with E-state index in [1.54, 1.807) is 4.90 Å². The number of carbonyl (C=O) groups excluding carboxylic acids is 1. The van der Waals surface area contributed by atoms with E-state index in [1.807, 2.05) is 42.5 Å². The van der Waals surface area contributed by atoms with E-state index >= 15 is 0 Å². The van der Waals surface area contributed by atoms with Crippen LogP contribution in [0, 0.1) is 0 Å². The molecule has 2 aromatic carbocycles. The van der Waals surface area contributed by atoms with Crippen LogP contribution in [0.1, 0.15) is 30.4 Å². The summed E-state index contributed by atoms with van der Waals surface area (Å²) in [6.45, 7) is 0.535. The van der Waals surface area contributed by atoms with Gasteiger partial charge in [-0.25, -0.2) is 0 Å². The van der Waals surface area contributed by atoms with Gasteiger partial charge in [0.25, 0.3) is 5.91 Å². The number of para-hydroxylation sites is 1. The number of likely N-dealkylation sites (tertiary alicyclic amines) is 1. The molecular weight excluding hydrogens is 330 g/mol. The van der Waals surface area contributed by atoms with Crippen molar-refractivity contribution in [3.63, 3.8) is 0 Å². The van der Waals surface area contributed by atoms with Gasteiger partial charge < -0.3 is 14.7 Å². The van der Waals surface area contributed by atoms with Crippen molar-refractivity contribution in [2.75, 3.05) is 13.2 Å². The average molecular weight is 353 g/mol. The number of ether oxygens (including phenoxy) is 1. The van der Waals surface area contributed by atoms with Gasteiger partial charge in [0, 0.05) is 19.0 Å². The Kier molecular flexibility index (Phi) is 5.89. The molecule has 0 bridgehead atoms. The molecule has 26 heavy (non-hydrogen) atoms. The lowest BCUT2D eigenvalue weighted by Crippen LogP contribution is -2.39. The van der Waals surface area contributed by atoms with Gasteiger partial charge in [0.05, 0.1) is 6.42 Å². The summed E-state index contributed by atoms with van der Waals surface area (Å²) in [4.78, 5) is 25.1. The monoisotopic (exact) mass is 353 g/mol. The molecule has 1 N–H and O–H groups in total. The summed E-state index contributed by atoms with van der Waals surface area (Å²) in [5.74, 6) is -0.328. The highest BCUT2D eigenvalue weighted by Gasteiger charge is 2.30. The molecule has 1 aliphatic rings. The number of carboxylic acid groups (broad SMARTS) is 1. The molecule has 136 valence electrons. The van der Waals surface area contributed by atoms with Crippen LogP contribution < -0.4 is 4.74 Å². The number of rotatable bonds is 7. The summed E-state index contributed by atoms with van der Waals surface area (Å²) in [6, 6.07) is 17.6. The molecule has 1 unspecified atom stereocenters. The van der Waals surface area contributed by atoms with E-state index in [9.17, 15) is 9.59 Å². The minimum Gasteiger partial charge on any atom is -0.483 e. The van der Waals surface area contributed by atoms with Crippen LogP contribution in [0.4, 0.5) is 0 Å². The first kappa shape index (κ1) is 18.0. The van der Waals surface area contributed by atoms with Crippen molar-refractivity contribution in [3.8, 4) is 5.75 Å². The van der Waals surface area contributed by atoms with E-state index in [0.29, 0.717) is 12.3 Å². The van der Waals surface area contributed by atoms with E-state index < -0.39 is 5.97 Å². The van der Waals surface area contributed by atoms with Gasteiger partial charge >= 0.3 is 5.97 Å². The summed E-state index contributed by atoms with van der Waals surface area (Å²) in [7, 11) is 0. The lowest BCUT2D eigenvalue weighted by molar-refractivity contribution is -0.140. The summed E-state index contributed by atoms with van der Waals surface area (Å²) in [6.07, 6.45) is 2.31. The van der Waals surface area contributed by atoms with E-state index in [1.165, 1.54) is 5.56 Å². The van der Waals surface area contributed by atoms with Crippen LogP contribution in [-0.2, 0) is 16.0 Å². The summed E-state index contributed by atoms with van der Waals surface area (Å²) in [5.41, 5.74) is 2.20. The predicted molar refractivity (Wildman–Crippen MR) is 98.2 cm³/mol. The smallest absolute Gasteiger partial charge is 0.305 e. The van der Waals surface area contributed by atoms with Crippen molar-refractivity contribution in [3.05, 3.63) is 65.7 Å². The first-order valence-electron chi connectivity index (χ1n) is 8.89. The van der Waals surface area contributed by atoms with E-state index in [2.05, 4.69) is 12.1 Å². The quantitative estimate of drug-likeness (QED) is 0.830. The minimum absolute atomic E-state index is 0.00364. The third kappa shape index (κ3) is 4.63. The highest BCUT2D eigenvalue weighted by atomic mass is 16.5. The normalized spacial score (nSPS) is 16.5. The van der Waals surface area contributed by atoms with Crippen molar-refractivity contribution in [1.29, 1.82) is 0 Å². The molecule has 1 amide bonds. The van der Waals surface area contributed by atoms with Gasteiger partial charge in [-0.05, 0) is 30.0 Å². The fourth-order valence-electron chi connectivity index (χ4n) is 3.41. The molecule has 0 radical (unpaired) electrons. The van der Waals surface area contributed by atoms with Crippen molar-refractivity contribution < 1.29 is 19.4 Å². The van der Waals surface area contributed by atoms with E-state index in [-0.39, 0.29) is 25.0 Å². The number of nitrogens with zero attached hydrogens (tertiary/aromatic N) is 1. The Bertz CT molecular complexity index is 760. The Morgan fingerprint density at radius 2 is 1.81 bits per heavy atom. The molecule has 3 rings (SSSR count). The summed E-state index contributed by atoms with van der Waals surface area (Å²) >= 11 is 0. The highest BCUT2D eigenvalue weighted by Crippen LogP contribution is 2.23. The number of hydrogen-bond donors (Lipinski definition) is 1. The Hall–Kier alpha value is -2.82. The molecular formula is C21H23NO4. The Labute approximate surface area is 153 Å². The van der Waals surface area contributed by atoms with Crippen molar-refractivity contribution in [2.24, 2.45) is 0 Å². The van der Waals surface area contributed by atoms with Crippen LogP contribution in [0.3, 0.4) is 0 Å². The number of amides is 1. The molecule has 0 aromatic heterocycles. The zero-order chi connectivity index (χ0) is 18.4. The van der Waals surface area contributed by atoms with Crippen LogP contribution in [-0.4, -0.2) is 41.1 Å². The topological polar surface area (TPSA) is 66.8 Å². The SMILES string of the molecule is O=C(O)CC1CCCN1C(=O)COc1ccccc1Cc1ccccc1. The molecule has 1 atom stereocenters. The summed E-state index contributed by atoms with van der Waals surface area (Å²) in [5, 5.41) is 8.99. The standard InChI is InChI=1S/C21H23NO4/c23-20(22-12-6-10-18(22)14-21(24)25)15-26-19-11-5-4-9-17(19)13-16-7-2-1-3-8-16/h1-5,7-9,11,18H,6,10,12-15H2,(H,24,25). The molecule has 1 heterocycles. The number of benzene rings is 2. The molecule has 0 spiro atoms. The van der Waals surface area contributed by atoms with Crippen molar-refractivity contribution in [2.45, 2.75) is 31.7 Å². The second-order valence-electron chi connectivity index (χ2n) is 6.54. The largest absolute Gasteiger partial charge is 0.483 e. The molecule has 1 fully saturated rings. The van der Waals surface area contributed by atoms with Crippen molar-refractivity contribution >= 4 is 11.9 Å². The Morgan fingerprint density at radius 3 is 2.58 bits per heavy atom. The molecule has 2 aromatic rings. The molecule has 1 aliphatic heterocycles. The third-order valence-corrected chi connectivity index (χ3v) is 4.67. The van der Waals surface area contributed by atoms with Crippen LogP contribution in [0.15, 0.2) is 54.6 Å². The Morgan fingerprint density at radius 1 is 1.08 bits per heavy atom. The lowest BCUT2D eigenvalue weighted by Gasteiger charge is -2.23. The fourth-order valence-corrected chi connectivity index (χ4v) is 3.41. The first-order valence-corrected chi connectivity index (χ1v) is 8.89. The second-order valence-corrected chi connectivity index (χ2v) is 6.54. The van der Waals surface area contributed by atoms with Crippen LogP contribution in [0.2, 0.25) is 0 Å². The van der Waals surface area contributed by atoms with Crippen LogP contribution in [0.25, 0.3) is 0 Å². The van der Waals surface area contributed by atoms with Gasteiger partial charge in [-0.3, -0.25) is 9.59 Å².